The van der Waals surface area contributed by atoms with Crippen LogP contribution in [0.4, 0.5) is 10.1 Å². The van der Waals surface area contributed by atoms with Crippen molar-refractivity contribution in [3.63, 3.8) is 0 Å². The summed E-state index contributed by atoms with van der Waals surface area (Å²) in [6.07, 6.45) is 2.47. The van der Waals surface area contributed by atoms with Gasteiger partial charge in [0.2, 0.25) is 0 Å². The summed E-state index contributed by atoms with van der Waals surface area (Å²) in [5.74, 6) is 0.551. The first-order valence-electron chi connectivity index (χ1n) is 8.11. The van der Waals surface area contributed by atoms with E-state index in [0.717, 1.165) is 40.2 Å². The molecule has 0 fully saturated rings. The van der Waals surface area contributed by atoms with E-state index in [1.807, 2.05) is 50.3 Å². The molecule has 2 aromatic rings. The Kier molecular flexibility index (Phi) is 5.96. The van der Waals surface area contributed by atoms with Gasteiger partial charge in [-0.25, -0.2) is 9.38 Å². The Hall–Kier alpha value is -2.36. The first-order chi connectivity index (χ1) is 11.4. The summed E-state index contributed by atoms with van der Waals surface area (Å²) in [6, 6.07) is 8.84. The molecule has 0 aliphatic heterocycles. The van der Waals surface area contributed by atoms with Crippen LogP contribution in [-0.2, 0) is 6.42 Å². The number of methoxy groups -OCH3 is 1. The fraction of sp³-hybridized carbons (Fsp3) is 0.350. The molecule has 0 aliphatic carbocycles. The Labute approximate surface area is 143 Å². The number of aryl methyl sites for hydroxylation is 1. The van der Waals surface area contributed by atoms with Gasteiger partial charge in [0.25, 0.3) is 0 Å². The predicted octanol–water partition coefficient (Wildman–Crippen LogP) is 4.65. The molecule has 0 radical (unpaired) electrons. The molecule has 0 atom stereocenters. The summed E-state index contributed by atoms with van der Waals surface area (Å²) < 4.78 is 19.0. The van der Waals surface area contributed by atoms with Crippen LogP contribution in [0.5, 0.6) is 5.75 Å². The van der Waals surface area contributed by atoms with Gasteiger partial charge in [0, 0.05) is 19.7 Å². The predicted molar refractivity (Wildman–Crippen MR) is 98.1 cm³/mol. The van der Waals surface area contributed by atoms with Crippen molar-refractivity contribution in [2.45, 2.75) is 27.2 Å². The zero-order chi connectivity index (χ0) is 17.7. The zero-order valence-electron chi connectivity index (χ0n) is 15.1. The maximum atomic E-state index is 13.6. The minimum atomic E-state index is -0.209. The van der Waals surface area contributed by atoms with E-state index in [4.69, 9.17) is 4.74 Å². The second-order valence-electron chi connectivity index (χ2n) is 6.00. The quantitative estimate of drug-likeness (QED) is 0.569. The van der Waals surface area contributed by atoms with Gasteiger partial charge in [-0.15, -0.1) is 0 Å². The fourth-order valence-corrected chi connectivity index (χ4v) is 2.44. The largest absolute Gasteiger partial charge is 0.497 e. The summed E-state index contributed by atoms with van der Waals surface area (Å²) in [4.78, 5) is 6.58. The van der Waals surface area contributed by atoms with Crippen LogP contribution in [0.3, 0.4) is 0 Å². The molecule has 4 heteroatoms. The molecule has 0 unspecified atom stereocenters. The van der Waals surface area contributed by atoms with Gasteiger partial charge in [-0.2, -0.15) is 0 Å². The van der Waals surface area contributed by atoms with E-state index >= 15 is 0 Å². The first-order valence-corrected chi connectivity index (χ1v) is 8.11. The molecular weight excluding hydrogens is 303 g/mol. The van der Waals surface area contributed by atoms with Crippen LogP contribution in [0.25, 0.3) is 0 Å². The van der Waals surface area contributed by atoms with E-state index in [1.165, 1.54) is 6.07 Å². The molecule has 2 rings (SSSR count). The third-order valence-electron chi connectivity index (χ3n) is 4.28. The van der Waals surface area contributed by atoms with Crippen molar-refractivity contribution in [2.24, 2.45) is 4.99 Å². The molecule has 0 saturated heterocycles. The molecule has 0 amide bonds. The van der Waals surface area contributed by atoms with Gasteiger partial charge >= 0.3 is 0 Å². The molecule has 3 nitrogen and oxygen atoms in total. The van der Waals surface area contributed by atoms with Crippen molar-refractivity contribution in [3.05, 3.63) is 58.4 Å². The monoisotopic (exact) mass is 328 g/mol. The molecule has 0 aliphatic rings. The second kappa shape index (κ2) is 7.95. The Morgan fingerprint density at radius 2 is 1.92 bits per heavy atom. The van der Waals surface area contributed by atoms with Crippen molar-refractivity contribution in [3.8, 4) is 5.75 Å². The number of hydrogen-bond acceptors (Lipinski definition) is 2. The van der Waals surface area contributed by atoms with Crippen LogP contribution in [-0.4, -0.2) is 31.9 Å². The van der Waals surface area contributed by atoms with Gasteiger partial charge in [0.15, 0.2) is 0 Å². The van der Waals surface area contributed by atoms with E-state index in [1.54, 1.807) is 13.2 Å². The lowest BCUT2D eigenvalue weighted by Gasteiger charge is -2.14. The van der Waals surface area contributed by atoms with Gasteiger partial charge in [-0.3, -0.25) is 0 Å². The van der Waals surface area contributed by atoms with Gasteiger partial charge in [0.05, 0.1) is 19.1 Å². The van der Waals surface area contributed by atoms with Crippen LogP contribution in [0.1, 0.15) is 29.2 Å². The lowest BCUT2D eigenvalue weighted by Crippen LogP contribution is -2.14. The Bertz CT molecular complexity index is 741. The van der Waals surface area contributed by atoms with Crippen LogP contribution >= 0.6 is 0 Å². The molecule has 2 aromatic carbocycles. The average Bonchev–Trinajstić information content (AvgIpc) is 2.58. The number of ether oxygens (including phenoxy) is 1. The highest BCUT2D eigenvalue weighted by atomic mass is 19.1. The molecule has 0 saturated carbocycles. The Balaban J connectivity index is 2.42. The lowest BCUT2D eigenvalue weighted by atomic mass is 9.96. The summed E-state index contributed by atoms with van der Waals surface area (Å²) >= 11 is 0. The Morgan fingerprint density at radius 3 is 2.58 bits per heavy atom. The van der Waals surface area contributed by atoms with E-state index in [2.05, 4.69) is 11.9 Å². The maximum Gasteiger partial charge on any atom is 0.123 e. The van der Waals surface area contributed by atoms with Crippen molar-refractivity contribution < 1.29 is 9.13 Å². The number of hydrogen-bond donors (Lipinski definition) is 0. The number of benzene rings is 2. The van der Waals surface area contributed by atoms with Crippen molar-refractivity contribution in [2.75, 3.05) is 20.7 Å². The summed E-state index contributed by atoms with van der Waals surface area (Å²) in [6.45, 7) is 7.01. The summed E-state index contributed by atoms with van der Waals surface area (Å²) in [7, 11) is 3.63. The van der Waals surface area contributed by atoms with Crippen LogP contribution < -0.4 is 4.74 Å². The minimum Gasteiger partial charge on any atom is -0.497 e. The van der Waals surface area contributed by atoms with E-state index in [0.29, 0.717) is 6.42 Å². The Morgan fingerprint density at radius 1 is 1.17 bits per heavy atom. The minimum absolute atomic E-state index is 0.209. The molecule has 0 heterocycles. The first kappa shape index (κ1) is 18.0. The fourth-order valence-electron chi connectivity index (χ4n) is 2.44. The van der Waals surface area contributed by atoms with E-state index < -0.39 is 0 Å². The topological polar surface area (TPSA) is 24.8 Å². The van der Waals surface area contributed by atoms with Gasteiger partial charge in [0.1, 0.15) is 11.6 Å². The molecule has 128 valence electrons. The summed E-state index contributed by atoms with van der Waals surface area (Å²) in [5, 5.41) is 0. The van der Waals surface area contributed by atoms with Gasteiger partial charge < -0.3 is 9.64 Å². The van der Waals surface area contributed by atoms with Gasteiger partial charge in [-0.1, -0.05) is 6.07 Å². The van der Waals surface area contributed by atoms with Crippen LogP contribution in [0.2, 0.25) is 0 Å². The molecule has 24 heavy (non-hydrogen) atoms. The highest BCUT2D eigenvalue weighted by molar-refractivity contribution is 5.65. The van der Waals surface area contributed by atoms with Crippen molar-refractivity contribution in [1.29, 1.82) is 0 Å². The second-order valence-corrected chi connectivity index (χ2v) is 6.00. The number of nitrogens with zero attached hydrogens (tertiary/aromatic N) is 2. The smallest absolute Gasteiger partial charge is 0.123 e. The molecule has 0 N–H and O–H groups in total. The highest BCUT2D eigenvalue weighted by Crippen LogP contribution is 2.30. The SMILES string of the molecule is CCN(C)/C=N/c1cc(OC)cc(Cc2cc(F)ccc2C)c1C. The number of rotatable bonds is 6. The third kappa shape index (κ3) is 4.34. The molecular formula is C20H25FN2O. The maximum absolute atomic E-state index is 13.6. The van der Waals surface area contributed by atoms with E-state index in [9.17, 15) is 4.39 Å². The molecule has 0 aromatic heterocycles. The molecule has 0 spiro atoms. The van der Waals surface area contributed by atoms with Crippen LogP contribution in [0.15, 0.2) is 35.3 Å². The average molecular weight is 328 g/mol. The third-order valence-corrected chi connectivity index (χ3v) is 4.28. The summed E-state index contributed by atoms with van der Waals surface area (Å²) in [5.41, 5.74) is 5.11. The molecule has 0 bridgehead atoms. The standard InChI is InChI=1S/C20H25FN2O/c1-6-23(4)13-22-20-12-19(24-5)11-17(15(20)3)9-16-10-18(21)8-7-14(16)2/h7-8,10-13H,6,9H2,1-5H3/b22-13+. The van der Waals surface area contributed by atoms with E-state index in [-0.39, 0.29) is 5.82 Å². The van der Waals surface area contributed by atoms with Crippen molar-refractivity contribution in [1.82, 2.24) is 4.90 Å². The van der Waals surface area contributed by atoms with Crippen molar-refractivity contribution >= 4 is 12.0 Å². The normalized spacial score (nSPS) is 11.1. The lowest BCUT2D eigenvalue weighted by molar-refractivity contribution is 0.414. The van der Waals surface area contributed by atoms with Crippen LogP contribution in [0, 0.1) is 19.7 Å². The zero-order valence-corrected chi connectivity index (χ0v) is 15.1. The highest BCUT2D eigenvalue weighted by Gasteiger charge is 2.10. The number of aliphatic imine (C=N–C) groups is 1. The number of halogens is 1. The van der Waals surface area contributed by atoms with Gasteiger partial charge in [-0.05, 0) is 67.6 Å².